The van der Waals surface area contributed by atoms with E-state index < -0.39 is 6.10 Å². The highest BCUT2D eigenvalue weighted by Gasteiger charge is 2.08. The van der Waals surface area contributed by atoms with Gasteiger partial charge >= 0.3 is 0 Å². The van der Waals surface area contributed by atoms with Crippen LogP contribution in [0.25, 0.3) is 0 Å². The SMILES string of the molecule is CNCC(O)c1ccc(O)c(O)c1.Cl.O. The van der Waals surface area contributed by atoms with Crippen molar-refractivity contribution < 1.29 is 20.8 Å². The van der Waals surface area contributed by atoms with E-state index >= 15 is 0 Å². The van der Waals surface area contributed by atoms with E-state index in [2.05, 4.69) is 5.32 Å². The van der Waals surface area contributed by atoms with Crippen LogP contribution in [0.3, 0.4) is 0 Å². The minimum absolute atomic E-state index is 0. The summed E-state index contributed by atoms with van der Waals surface area (Å²) in [6, 6.07) is 4.26. The van der Waals surface area contributed by atoms with Gasteiger partial charge in [0.15, 0.2) is 11.5 Å². The first-order valence-corrected chi connectivity index (χ1v) is 3.99. The zero-order valence-electron chi connectivity index (χ0n) is 8.27. The van der Waals surface area contributed by atoms with Gasteiger partial charge in [0.2, 0.25) is 0 Å². The third-order valence-electron chi connectivity index (χ3n) is 1.78. The zero-order chi connectivity index (χ0) is 9.84. The highest BCUT2D eigenvalue weighted by molar-refractivity contribution is 5.85. The zero-order valence-corrected chi connectivity index (χ0v) is 9.08. The summed E-state index contributed by atoms with van der Waals surface area (Å²) >= 11 is 0. The van der Waals surface area contributed by atoms with Crippen molar-refractivity contribution in [3.63, 3.8) is 0 Å². The van der Waals surface area contributed by atoms with Crippen LogP contribution in [0.1, 0.15) is 11.7 Å². The van der Waals surface area contributed by atoms with Gasteiger partial charge < -0.3 is 26.1 Å². The topological polar surface area (TPSA) is 104 Å². The molecule has 0 amide bonds. The number of benzene rings is 1. The van der Waals surface area contributed by atoms with E-state index in [0.717, 1.165) is 0 Å². The highest BCUT2D eigenvalue weighted by Crippen LogP contribution is 2.27. The van der Waals surface area contributed by atoms with Gasteiger partial charge in [0, 0.05) is 6.54 Å². The number of halogens is 1. The number of aliphatic hydroxyl groups excluding tert-OH is 1. The second kappa shape index (κ2) is 7.30. The van der Waals surface area contributed by atoms with Crippen LogP contribution in [0, 0.1) is 0 Å². The van der Waals surface area contributed by atoms with Gasteiger partial charge in [0.1, 0.15) is 0 Å². The Morgan fingerprint density at radius 3 is 2.33 bits per heavy atom. The molecule has 0 spiro atoms. The summed E-state index contributed by atoms with van der Waals surface area (Å²) in [6.07, 6.45) is -0.670. The molecule has 1 aromatic carbocycles. The van der Waals surface area contributed by atoms with Gasteiger partial charge in [-0.25, -0.2) is 0 Å². The molecule has 6 N–H and O–H groups in total. The number of hydrogen-bond donors (Lipinski definition) is 4. The van der Waals surface area contributed by atoms with Crippen molar-refractivity contribution in [1.29, 1.82) is 0 Å². The Morgan fingerprint density at radius 1 is 1.27 bits per heavy atom. The summed E-state index contributed by atoms with van der Waals surface area (Å²) in [6.45, 7) is 0.407. The molecule has 1 unspecified atom stereocenters. The molecule has 0 radical (unpaired) electrons. The Kier molecular flexibility index (Phi) is 8.00. The fourth-order valence-corrected chi connectivity index (χ4v) is 1.06. The van der Waals surface area contributed by atoms with Gasteiger partial charge in [-0.1, -0.05) is 6.07 Å². The van der Waals surface area contributed by atoms with Crippen molar-refractivity contribution in [3.8, 4) is 11.5 Å². The first-order valence-electron chi connectivity index (χ1n) is 3.99. The Balaban J connectivity index is 0. The van der Waals surface area contributed by atoms with Crippen molar-refractivity contribution in [2.45, 2.75) is 6.10 Å². The molecule has 0 aromatic heterocycles. The monoisotopic (exact) mass is 237 g/mol. The molecule has 0 bridgehead atoms. The lowest BCUT2D eigenvalue weighted by atomic mass is 10.1. The van der Waals surface area contributed by atoms with Crippen LogP contribution in [0.5, 0.6) is 11.5 Å². The van der Waals surface area contributed by atoms with Crippen LogP contribution in [0.15, 0.2) is 18.2 Å². The van der Waals surface area contributed by atoms with Crippen LogP contribution >= 0.6 is 12.4 Å². The lowest BCUT2D eigenvalue weighted by Crippen LogP contribution is -2.16. The molecule has 1 atom stereocenters. The van der Waals surface area contributed by atoms with Crippen molar-refractivity contribution in [2.75, 3.05) is 13.6 Å². The molecule has 0 heterocycles. The number of phenolic OH excluding ortho intramolecular Hbond substituents is 2. The molecular formula is C9H16ClNO4. The van der Waals surface area contributed by atoms with Crippen molar-refractivity contribution in [3.05, 3.63) is 23.8 Å². The number of phenols is 2. The van der Waals surface area contributed by atoms with E-state index in [0.29, 0.717) is 12.1 Å². The fourth-order valence-electron chi connectivity index (χ4n) is 1.06. The van der Waals surface area contributed by atoms with E-state index in [1.54, 1.807) is 13.1 Å². The number of hydrogen-bond acceptors (Lipinski definition) is 4. The number of aromatic hydroxyl groups is 2. The fraction of sp³-hybridized carbons (Fsp3) is 0.333. The molecule has 6 heteroatoms. The maximum atomic E-state index is 9.48. The predicted molar refractivity (Wildman–Crippen MR) is 59.5 cm³/mol. The second-order valence-corrected chi connectivity index (χ2v) is 2.82. The standard InChI is InChI=1S/C9H13NO3.ClH.H2O/c1-10-5-9(13)6-2-3-7(11)8(12)4-6;;/h2-4,9-13H,5H2,1H3;1H;1H2. The van der Waals surface area contributed by atoms with E-state index in [4.69, 9.17) is 10.2 Å². The summed E-state index contributed by atoms with van der Waals surface area (Å²) in [5.74, 6) is -0.395. The summed E-state index contributed by atoms with van der Waals surface area (Å²) in [4.78, 5) is 0. The first kappa shape index (κ1) is 16.4. The molecular weight excluding hydrogens is 222 g/mol. The van der Waals surface area contributed by atoms with Crippen LogP contribution in [0.2, 0.25) is 0 Å². The molecule has 5 nitrogen and oxygen atoms in total. The lowest BCUT2D eigenvalue weighted by molar-refractivity contribution is 0.177. The number of nitrogens with one attached hydrogen (secondary N) is 1. The maximum absolute atomic E-state index is 9.48. The summed E-state index contributed by atoms with van der Waals surface area (Å²) in [5, 5.41) is 30.4. The first-order chi connectivity index (χ1) is 6.15. The third kappa shape index (κ3) is 4.35. The normalized spacial score (nSPS) is 11.1. The van der Waals surface area contributed by atoms with Crippen LogP contribution in [0.4, 0.5) is 0 Å². The quantitative estimate of drug-likeness (QED) is 0.553. The van der Waals surface area contributed by atoms with Crippen molar-refractivity contribution in [1.82, 2.24) is 5.32 Å². The van der Waals surface area contributed by atoms with E-state index in [1.807, 2.05) is 0 Å². The molecule has 1 rings (SSSR count). The summed E-state index contributed by atoms with van der Waals surface area (Å²) in [7, 11) is 1.73. The van der Waals surface area contributed by atoms with Crippen LogP contribution in [-0.2, 0) is 0 Å². The van der Waals surface area contributed by atoms with Gasteiger partial charge in [-0.05, 0) is 24.7 Å². The van der Waals surface area contributed by atoms with Gasteiger partial charge in [-0.3, -0.25) is 0 Å². The van der Waals surface area contributed by atoms with Crippen molar-refractivity contribution >= 4 is 12.4 Å². The minimum Gasteiger partial charge on any atom is -0.504 e. The van der Waals surface area contributed by atoms with Gasteiger partial charge in [-0.2, -0.15) is 0 Å². The number of likely N-dealkylation sites (N-methyl/N-ethyl adjacent to an activating group) is 1. The molecule has 0 saturated carbocycles. The molecule has 1 aromatic rings. The van der Waals surface area contributed by atoms with Crippen molar-refractivity contribution in [2.24, 2.45) is 0 Å². The van der Waals surface area contributed by atoms with E-state index in [-0.39, 0.29) is 29.4 Å². The molecule has 0 aliphatic heterocycles. The van der Waals surface area contributed by atoms with Crippen LogP contribution in [-0.4, -0.2) is 34.4 Å². The number of rotatable bonds is 3. The average molecular weight is 238 g/mol. The second-order valence-electron chi connectivity index (χ2n) is 2.82. The molecule has 88 valence electrons. The summed E-state index contributed by atoms with van der Waals surface area (Å²) < 4.78 is 0. The van der Waals surface area contributed by atoms with E-state index in [9.17, 15) is 5.11 Å². The average Bonchev–Trinajstić information content (AvgIpc) is 2.10. The Bertz CT molecular complexity index is 295. The molecule has 15 heavy (non-hydrogen) atoms. The summed E-state index contributed by atoms with van der Waals surface area (Å²) in [5.41, 5.74) is 0.574. The molecule has 0 saturated heterocycles. The Labute approximate surface area is 94.1 Å². The number of aliphatic hydroxyl groups is 1. The lowest BCUT2D eigenvalue weighted by Gasteiger charge is -2.10. The largest absolute Gasteiger partial charge is 0.504 e. The predicted octanol–water partition coefficient (Wildman–Crippen LogP) is -0.0523. The smallest absolute Gasteiger partial charge is 0.157 e. The molecule has 0 aliphatic carbocycles. The highest BCUT2D eigenvalue weighted by atomic mass is 35.5. The molecule has 0 fully saturated rings. The van der Waals surface area contributed by atoms with Crippen LogP contribution < -0.4 is 5.32 Å². The third-order valence-corrected chi connectivity index (χ3v) is 1.78. The molecule has 0 aliphatic rings. The van der Waals surface area contributed by atoms with Gasteiger partial charge in [0.05, 0.1) is 6.10 Å². The van der Waals surface area contributed by atoms with Gasteiger partial charge in [-0.15, -0.1) is 12.4 Å². The van der Waals surface area contributed by atoms with Gasteiger partial charge in [0.25, 0.3) is 0 Å². The Morgan fingerprint density at radius 2 is 1.87 bits per heavy atom. The Hall–Kier alpha value is -1.01. The minimum atomic E-state index is -0.670. The van der Waals surface area contributed by atoms with E-state index in [1.165, 1.54) is 12.1 Å². The maximum Gasteiger partial charge on any atom is 0.157 e.